The molecule has 1 aliphatic carbocycles. The summed E-state index contributed by atoms with van der Waals surface area (Å²) in [5.74, 6) is 0.437. The molecule has 3 atom stereocenters. The number of H-pyrrole nitrogens is 1. The highest BCUT2D eigenvalue weighted by molar-refractivity contribution is 6.38. The molecule has 2 aromatic carbocycles. The van der Waals surface area contributed by atoms with Crippen LogP contribution < -0.4 is 4.90 Å². The predicted octanol–water partition coefficient (Wildman–Crippen LogP) is 5.64. The van der Waals surface area contributed by atoms with Gasteiger partial charge in [-0.15, -0.1) is 0 Å². The van der Waals surface area contributed by atoms with Crippen molar-refractivity contribution in [3.8, 4) is 11.3 Å². The number of nitrogens with one attached hydrogen (secondary N) is 1. The topological polar surface area (TPSA) is 75.5 Å². The summed E-state index contributed by atoms with van der Waals surface area (Å²) in [5, 5.41) is 13.4. The van der Waals surface area contributed by atoms with E-state index in [-0.39, 0.29) is 5.41 Å². The van der Waals surface area contributed by atoms with Crippen molar-refractivity contribution in [3.63, 3.8) is 0 Å². The first-order valence-electron chi connectivity index (χ1n) is 12.4. The zero-order valence-electron chi connectivity index (χ0n) is 20.3. The zero-order chi connectivity index (χ0) is 25.5. The summed E-state index contributed by atoms with van der Waals surface area (Å²) in [5.41, 5.74) is 4.06. The number of aryl methyl sites for hydroxylation is 1. The average Bonchev–Trinajstić information content (AvgIpc) is 3.11. The van der Waals surface area contributed by atoms with Gasteiger partial charge in [-0.1, -0.05) is 18.5 Å². The summed E-state index contributed by atoms with van der Waals surface area (Å²) < 4.78 is 29.8. The van der Waals surface area contributed by atoms with Gasteiger partial charge in [-0.3, -0.25) is 9.78 Å². The van der Waals surface area contributed by atoms with Crippen molar-refractivity contribution in [2.45, 2.75) is 25.2 Å². The summed E-state index contributed by atoms with van der Waals surface area (Å²) >= 11 is 6.73. The van der Waals surface area contributed by atoms with Crippen molar-refractivity contribution in [2.24, 2.45) is 18.9 Å². The van der Waals surface area contributed by atoms with E-state index < -0.39 is 11.6 Å². The first-order valence-corrected chi connectivity index (χ1v) is 12.8. The molecule has 3 aromatic heterocycles. The molecule has 2 fully saturated rings. The Labute approximate surface area is 216 Å². The van der Waals surface area contributed by atoms with E-state index in [1.54, 1.807) is 10.9 Å². The van der Waals surface area contributed by atoms with Gasteiger partial charge in [0.1, 0.15) is 23.0 Å². The van der Waals surface area contributed by atoms with E-state index >= 15 is 0 Å². The number of aromatic amines is 1. The molecule has 1 saturated carbocycles. The molecule has 5 aromatic rings. The van der Waals surface area contributed by atoms with Crippen LogP contribution in [-0.4, -0.2) is 43.0 Å². The lowest BCUT2D eigenvalue weighted by Gasteiger charge is -2.26. The van der Waals surface area contributed by atoms with E-state index in [1.165, 1.54) is 12.1 Å². The zero-order valence-corrected chi connectivity index (χ0v) is 21.1. The van der Waals surface area contributed by atoms with Crippen molar-refractivity contribution in [3.05, 3.63) is 64.9 Å². The predicted molar refractivity (Wildman–Crippen MR) is 139 cm³/mol. The minimum absolute atomic E-state index is 0.198. The Morgan fingerprint density at radius 1 is 1.16 bits per heavy atom. The lowest BCUT2D eigenvalue weighted by atomic mass is 9.88. The van der Waals surface area contributed by atoms with Gasteiger partial charge in [-0.2, -0.15) is 10.2 Å². The van der Waals surface area contributed by atoms with Crippen LogP contribution >= 0.6 is 11.6 Å². The molecule has 0 spiro atoms. The Hall–Kier alpha value is -3.59. The highest BCUT2D eigenvalue weighted by atomic mass is 35.5. The van der Waals surface area contributed by atoms with E-state index in [2.05, 4.69) is 27.1 Å². The minimum Gasteiger partial charge on any atom is -0.355 e. The van der Waals surface area contributed by atoms with Crippen molar-refractivity contribution >= 4 is 39.5 Å². The van der Waals surface area contributed by atoms with Crippen LogP contribution in [0.1, 0.15) is 25.3 Å². The van der Waals surface area contributed by atoms with Crippen LogP contribution in [0, 0.1) is 23.5 Å². The van der Waals surface area contributed by atoms with Crippen molar-refractivity contribution in [1.29, 1.82) is 0 Å². The standard InChI is InChI=1S/C27H24ClF2N7/c1-3-27(14-8-15(29)10-16(30)9-14)19-6-7-37(13-20(19)27)22-11-31-25-24(33-34-26(25)32-22)17-4-5-21-18(23(17)28)12-36(2)35-21/h4-5,8-12,19-20H,3,6-7,13H2,1-2H3,(H,32,33,34)/t19-,20+,27+/m1/s1. The Morgan fingerprint density at radius 3 is 2.76 bits per heavy atom. The maximum atomic E-state index is 14.0. The monoisotopic (exact) mass is 519 g/mol. The lowest BCUT2D eigenvalue weighted by Crippen LogP contribution is -2.32. The molecule has 7 nitrogen and oxygen atoms in total. The van der Waals surface area contributed by atoms with Gasteiger partial charge in [0.2, 0.25) is 5.65 Å². The lowest BCUT2D eigenvalue weighted by molar-refractivity contribution is 0.535. The van der Waals surface area contributed by atoms with Gasteiger partial charge in [-0.05, 0) is 54.5 Å². The molecule has 7 rings (SSSR count). The largest absolute Gasteiger partial charge is 0.355 e. The number of anilines is 1. The number of hydrogen-bond acceptors (Lipinski definition) is 5. The molecule has 37 heavy (non-hydrogen) atoms. The van der Waals surface area contributed by atoms with Crippen LogP contribution in [-0.2, 0) is 12.5 Å². The number of hydrogen-bond donors (Lipinski definition) is 1. The second-order valence-corrected chi connectivity index (χ2v) is 10.5. The van der Waals surface area contributed by atoms with Crippen molar-refractivity contribution in [2.75, 3.05) is 18.0 Å². The normalized spacial score (nSPS) is 23.1. The first-order chi connectivity index (χ1) is 17.9. The van der Waals surface area contributed by atoms with E-state index in [0.29, 0.717) is 33.7 Å². The van der Waals surface area contributed by atoms with Gasteiger partial charge in [0, 0.05) is 48.8 Å². The number of aromatic nitrogens is 6. The van der Waals surface area contributed by atoms with Gasteiger partial charge in [-0.25, -0.2) is 18.7 Å². The van der Waals surface area contributed by atoms with Crippen LogP contribution in [0.15, 0.2) is 42.7 Å². The molecular weight excluding hydrogens is 496 g/mol. The summed E-state index contributed by atoms with van der Waals surface area (Å²) in [6.45, 7) is 3.68. The maximum Gasteiger partial charge on any atom is 0.202 e. The van der Waals surface area contributed by atoms with Crippen molar-refractivity contribution in [1.82, 2.24) is 29.9 Å². The van der Waals surface area contributed by atoms with E-state index in [9.17, 15) is 8.78 Å². The van der Waals surface area contributed by atoms with Crippen molar-refractivity contribution < 1.29 is 8.78 Å². The number of rotatable bonds is 4. The SMILES string of the molecule is CC[C@]1(c2cc(F)cc(F)c2)[C@@H]2CCN(c3cnc4c(-c5ccc6nn(C)cc6c5Cl)[nH]nc4n3)C[C@@H]21. The van der Waals surface area contributed by atoms with E-state index in [0.717, 1.165) is 59.8 Å². The van der Waals surface area contributed by atoms with Crippen LogP contribution in [0.4, 0.5) is 14.6 Å². The van der Waals surface area contributed by atoms with Crippen LogP contribution in [0.25, 0.3) is 33.3 Å². The Balaban J connectivity index is 1.19. The number of fused-ring (bicyclic) bond motifs is 3. The summed E-state index contributed by atoms with van der Waals surface area (Å²) in [6, 6.07) is 7.78. The highest BCUT2D eigenvalue weighted by Crippen LogP contribution is 2.65. The fraction of sp³-hybridized carbons (Fsp3) is 0.333. The van der Waals surface area contributed by atoms with E-state index in [1.807, 2.05) is 25.4 Å². The number of halogens is 3. The maximum absolute atomic E-state index is 14.0. The molecular formula is C27H24ClF2N7. The quantitative estimate of drug-likeness (QED) is 0.332. The second kappa shape index (κ2) is 7.95. The minimum atomic E-state index is -0.517. The van der Waals surface area contributed by atoms with Crippen LogP contribution in [0.2, 0.25) is 5.02 Å². The molecule has 10 heteroatoms. The third-order valence-electron chi connectivity index (χ3n) is 8.40. The summed E-state index contributed by atoms with van der Waals surface area (Å²) in [4.78, 5) is 11.7. The molecule has 0 bridgehead atoms. The fourth-order valence-corrected chi connectivity index (χ4v) is 6.97. The Morgan fingerprint density at radius 2 is 1.97 bits per heavy atom. The van der Waals surface area contributed by atoms with Gasteiger partial charge >= 0.3 is 0 Å². The second-order valence-electron chi connectivity index (χ2n) is 10.2. The Kier molecular flexibility index (Phi) is 4.86. The number of nitrogens with zero attached hydrogens (tertiary/aromatic N) is 6. The number of piperidine rings is 1. The summed E-state index contributed by atoms with van der Waals surface area (Å²) in [7, 11) is 1.86. The van der Waals surface area contributed by atoms with Crippen LogP contribution in [0.3, 0.4) is 0 Å². The molecule has 0 radical (unpaired) electrons. The summed E-state index contributed by atoms with van der Waals surface area (Å²) in [6.07, 6.45) is 5.44. The smallest absolute Gasteiger partial charge is 0.202 e. The highest BCUT2D eigenvalue weighted by Gasteiger charge is 2.65. The number of benzene rings is 2. The fourth-order valence-electron chi connectivity index (χ4n) is 6.66. The van der Waals surface area contributed by atoms with Gasteiger partial charge in [0.15, 0.2) is 0 Å². The Bertz CT molecular complexity index is 1680. The van der Waals surface area contributed by atoms with Gasteiger partial charge in [0.05, 0.1) is 22.4 Å². The molecule has 0 unspecified atom stereocenters. The molecule has 1 aliphatic heterocycles. The van der Waals surface area contributed by atoms with E-state index in [4.69, 9.17) is 21.6 Å². The third-order valence-corrected chi connectivity index (χ3v) is 8.80. The average molecular weight is 520 g/mol. The molecule has 188 valence electrons. The molecule has 1 saturated heterocycles. The molecule has 2 aliphatic rings. The van der Waals surface area contributed by atoms with Gasteiger partial charge < -0.3 is 4.90 Å². The molecule has 1 N–H and O–H groups in total. The third kappa shape index (κ3) is 3.29. The molecule has 4 heterocycles. The first kappa shape index (κ1) is 22.6. The van der Waals surface area contributed by atoms with Crippen LogP contribution in [0.5, 0.6) is 0 Å². The van der Waals surface area contributed by atoms with Gasteiger partial charge in [0.25, 0.3) is 0 Å². The molecule has 0 amide bonds.